The number of thiophene rings is 1. The first-order valence-corrected chi connectivity index (χ1v) is 7.88. The van der Waals surface area contributed by atoms with Crippen LogP contribution < -0.4 is 4.74 Å². The highest BCUT2D eigenvalue weighted by atomic mass is 32.1. The third-order valence-corrected chi connectivity index (χ3v) is 4.12. The van der Waals surface area contributed by atoms with Gasteiger partial charge in [0, 0.05) is 15.8 Å². The van der Waals surface area contributed by atoms with Gasteiger partial charge >= 0.3 is 0 Å². The molecule has 110 valence electrons. The molecule has 3 heteroatoms. The van der Waals surface area contributed by atoms with Crippen LogP contribution in [0.1, 0.15) is 41.3 Å². The molecule has 0 unspecified atom stereocenters. The minimum absolute atomic E-state index is 0.108. The smallest absolute Gasteiger partial charge is 0.123 e. The number of aliphatic hydroxyl groups is 1. The number of hydrogen-bond acceptors (Lipinski definition) is 3. The second-order valence-corrected chi connectivity index (χ2v) is 6.23. The van der Waals surface area contributed by atoms with Crippen LogP contribution in [0.15, 0.2) is 29.6 Å². The average Bonchev–Trinajstić information content (AvgIpc) is 2.92. The number of aryl methyl sites for hydroxylation is 1. The SMILES string of the molecule is Cc1ccc(C(C)C)cc1OCc1cc(C#CCO)cs1. The molecule has 1 aromatic heterocycles. The normalized spacial score (nSPS) is 10.3. The van der Waals surface area contributed by atoms with Gasteiger partial charge in [0.1, 0.15) is 19.0 Å². The maximum Gasteiger partial charge on any atom is 0.123 e. The van der Waals surface area contributed by atoms with E-state index in [0.717, 1.165) is 21.8 Å². The molecule has 0 bridgehead atoms. The molecule has 2 nitrogen and oxygen atoms in total. The van der Waals surface area contributed by atoms with Gasteiger partial charge in [-0.1, -0.05) is 37.8 Å². The van der Waals surface area contributed by atoms with Crippen molar-refractivity contribution in [2.24, 2.45) is 0 Å². The lowest BCUT2D eigenvalue weighted by atomic mass is 10.0. The van der Waals surface area contributed by atoms with Gasteiger partial charge in [-0.2, -0.15) is 0 Å². The molecule has 0 atom stereocenters. The first-order chi connectivity index (χ1) is 10.1. The standard InChI is InChI=1S/C18H20O2S/c1-13(2)16-7-6-14(3)18(10-16)20-11-17-9-15(12-21-17)5-4-8-19/h6-7,9-10,12-13,19H,8,11H2,1-3H3. The lowest BCUT2D eigenvalue weighted by Gasteiger charge is -2.12. The molecule has 2 aromatic rings. The van der Waals surface area contributed by atoms with E-state index in [-0.39, 0.29) is 6.61 Å². The Bertz CT molecular complexity index is 659. The molecular formula is C18H20O2S. The van der Waals surface area contributed by atoms with Gasteiger partial charge in [-0.3, -0.25) is 0 Å². The highest BCUT2D eigenvalue weighted by molar-refractivity contribution is 7.10. The highest BCUT2D eigenvalue weighted by Gasteiger charge is 2.06. The van der Waals surface area contributed by atoms with Gasteiger partial charge in [0.05, 0.1) is 0 Å². The van der Waals surface area contributed by atoms with Crippen molar-refractivity contribution in [2.75, 3.05) is 6.61 Å². The lowest BCUT2D eigenvalue weighted by molar-refractivity contribution is 0.307. The summed E-state index contributed by atoms with van der Waals surface area (Å²) >= 11 is 1.63. The second-order valence-electron chi connectivity index (χ2n) is 5.23. The van der Waals surface area contributed by atoms with E-state index in [0.29, 0.717) is 12.5 Å². The van der Waals surface area contributed by atoms with Crippen LogP contribution in [-0.4, -0.2) is 11.7 Å². The molecule has 0 spiro atoms. The largest absolute Gasteiger partial charge is 0.488 e. The predicted octanol–water partition coefficient (Wildman–Crippen LogP) is 4.10. The molecule has 0 amide bonds. The van der Waals surface area contributed by atoms with Crippen molar-refractivity contribution in [3.8, 4) is 17.6 Å². The highest BCUT2D eigenvalue weighted by Crippen LogP contribution is 2.26. The van der Waals surface area contributed by atoms with Crippen LogP contribution in [0.5, 0.6) is 5.75 Å². The monoisotopic (exact) mass is 300 g/mol. The van der Waals surface area contributed by atoms with Crippen LogP contribution in [-0.2, 0) is 6.61 Å². The molecule has 1 aromatic carbocycles. The molecule has 1 N–H and O–H groups in total. The minimum Gasteiger partial charge on any atom is -0.488 e. The molecule has 0 saturated carbocycles. The zero-order chi connectivity index (χ0) is 15.2. The van der Waals surface area contributed by atoms with E-state index in [4.69, 9.17) is 9.84 Å². The van der Waals surface area contributed by atoms with Crippen molar-refractivity contribution in [2.45, 2.75) is 33.3 Å². The van der Waals surface area contributed by atoms with Gasteiger partial charge < -0.3 is 9.84 Å². The number of ether oxygens (including phenoxy) is 1. The molecule has 0 fully saturated rings. The van der Waals surface area contributed by atoms with Crippen molar-refractivity contribution < 1.29 is 9.84 Å². The third-order valence-electron chi connectivity index (χ3n) is 3.21. The summed E-state index contributed by atoms with van der Waals surface area (Å²) in [4.78, 5) is 1.13. The Kier molecular flexibility index (Phi) is 5.44. The van der Waals surface area contributed by atoms with Gasteiger partial charge in [-0.25, -0.2) is 0 Å². The fraction of sp³-hybridized carbons (Fsp3) is 0.333. The van der Waals surface area contributed by atoms with Crippen LogP contribution in [0.4, 0.5) is 0 Å². The van der Waals surface area contributed by atoms with Crippen molar-refractivity contribution >= 4 is 11.3 Å². The Balaban J connectivity index is 2.05. The maximum atomic E-state index is 8.69. The Morgan fingerprint density at radius 1 is 1.29 bits per heavy atom. The van der Waals surface area contributed by atoms with E-state index in [2.05, 4.69) is 50.8 Å². The molecule has 21 heavy (non-hydrogen) atoms. The van der Waals surface area contributed by atoms with Crippen LogP contribution in [0, 0.1) is 18.8 Å². The molecule has 0 radical (unpaired) electrons. The van der Waals surface area contributed by atoms with Gasteiger partial charge in [0.25, 0.3) is 0 Å². The van der Waals surface area contributed by atoms with E-state index in [1.54, 1.807) is 11.3 Å². The number of rotatable bonds is 4. The van der Waals surface area contributed by atoms with E-state index >= 15 is 0 Å². The van der Waals surface area contributed by atoms with Crippen molar-refractivity contribution in [1.82, 2.24) is 0 Å². The second kappa shape index (κ2) is 7.31. The summed E-state index contributed by atoms with van der Waals surface area (Å²) in [7, 11) is 0. The van der Waals surface area contributed by atoms with Crippen molar-refractivity contribution in [3.63, 3.8) is 0 Å². The van der Waals surface area contributed by atoms with Gasteiger partial charge in [0.15, 0.2) is 0 Å². The van der Waals surface area contributed by atoms with E-state index in [1.165, 1.54) is 5.56 Å². The molecule has 0 saturated heterocycles. The molecule has 1 heterocycles. The average molecular weight is 300 g/mol. The quantitative estimate of drug-likeness (QED) is 0.861. The summed E-state index contributed by atoms with van der Waals surface area (Å²) in [6, 6.07) is 8.40. The minimum atomic E-state index is -0.108. The fourth-order valence-corrected chi connectivity index (χ4v) is 2.67. The molecule has 0 aliphatic carbocycles. The predicted molar refractivity (Wildman–Crippen MR) is 87.9 cm³/mol. The zero-order valence-corrected chi connectivity index (χ0v) is 13.5. The summed E-state index contributed by atoms with van der Waals surface area (Å²) in [6.45, 7) is 6.86. The van der Waals surface area contributed by atoms with Crippen LogP contribution in [0.2, 0.25) is 0 Å². The van der Waals surface area contributed by atoms with Crippen LogP contribution in [0.25, 0.3) is 0 Å². The fourth-order valence-electron chi connectivity index (χ4n) is 1.94. The Morgan fingerprint density at radius 2 is 2.10 bits per heavy atom. The summed E-state index contributed by atoms with van der Waals surface area (Å²) < 4.78 is 5.94. The van der Waals surface area contributed by atoms with E-state index in [9.17, 15) is 0 Å². The molecular weight excluding hydrogens is 280 g/mol. The Hall–Kier alpha value is -1.76. The number of hydrogen-bond donors (Lipinski definition) is 1. The maximum absolute atomic E-state index is 8.69. The molecule has 0 aliphatic heterocycles. The van der Waals surface area contributed by atoms with Crippen LogP contribution in [0.3, 0.4) is 0 Å². The number of benzene rings is 1. The Labute approximate surface area is 130 Å². The van der Waals surface area contributed by atoms with Crippen molar-refractivity contribution in [3.05, 3.63) is 51.2 Å². The van der Waals surface area contributed by atoms with Gasteiger partial charge in [-0.15, -0.1) is 11.3 Å². The third kappa shape index (κ3) is 4.35. The summed E-state index contributed by atoms with van der Waals surface area (Å²) in [5.74, 6) is 6.99. The first-order valence-electron chi connectivity index (χ1n) is 7.00. The summed E-state index contributed by atoms with van der Waals surface area (Å²) in [6.07, 6.45) is 0. The number of aliphatic hydroxyl groups excluding tert-OH is 1. The van der Waals surface area contributed by atoms with Crippen molar-refractivity contribution in [1.29, 1.82) is 0 Å². The lowest BCUT2D eigenvalue weighted by Crippen LogP contribution is -1.97. The van der Waals surface area contributed by atoms with Gasteiger partial charge in [-0.05, 0) is 36.1 Å². The molecule has 0 aliphatic rings. The summed E-state index contributed by atoms with van der Waals surface area (Å²) in [5, 5.41) is 10.7. The van der Waals surface area contributed by atoms with Gasteiger partial charge in [0.2, 0.25) is 0 Å². The topological polar surface area (TPSA) is 29.5 Å². The summed E-state index contributed by atoms with van der Waals surface area (Å²) in [5.41, 5.74) is 3.37. The molecule has 2 rings (SSSR count). The Morgan fingerprint density at radius 3 is 2.81 bits per heavy atom. The van der Waals surface area contributed by atoms with E-state index < -0.39 is 0 Å². The zero-order valence-electron chi connectivity index (χ0n) is 12.6. The first kappa shape index (κ1) is 15.6. The van der Waals surface area contributed by atoms with E-state index in [1.807, 2.05) is 11.4 Å². The van der Waals surface area contributed by atoms with Crippen LogP contribution >= 0.6 is 11.3 Å².